The molecule has 2 heterocycles. The molecule has 2 atom stereocenters. The van der Waals surface area contributed by atoms with Gasteiger partial charge >= 0.3 is 5.97 Å². The van der Waals surface area contributed by atoms with E-state index in [9.17, 15) is 10.1 Å². The second-order valence-electron chi connectivity index (χ2n) is 6.81. The van der Waals surface area contributed by atoms with Gasteiger partial charge in [0.2, 0.25) is 5.75 Å². The van der Waals surface area contributed by atoms with Crippen LogP contribution in [0.3, 0.4) is 0 Å². The zero-order valence-corrected chi connectivity index (χ0v) is 16.8. The molecule has 1 aromatic rings. The summed E-state index contributed by atoms with van der Waals surface area (Å²) in [5, 5.41) is 9.61. The van der Waals surface area contributed by atoms with Crippen molar-refractivity contribution in [2.75, 3.05) is 32.8 Å². The number of methoxy groups -OCH3 is 3. The van der Waals surface area contributed by atoms with E-state index in [1.807, 2.05) is 12.1 Å². The maximum absolute atomic E-state index is 12.3. The monoisotopic (exact) mass is 386 g/mol. The Labute approximate surface area is 165 Å². The standard InChI is InChI=1S/C21H26N2O5/c1-5-28-21(24)16(12-22)15-8-6-13-7-9-17(15)23(13)14-10-18(25-2)20(27-4)19(11-14)26-3/h10-11,13,17H,5-9H2,1-4H3/b16-15+. The maximum atomic E-state index is 12.3. The van der Waals surface area contributed by atoms with Crippen LogP contribution in [0.1, 0.15) is 32.6 Å². The first-order chi connectivity index (χ1) is 13.6. The molecule has 0 N–H and O–H groups in total. The normalized spacial score (nSPS) is 22.3. The quantitative estimate of drug-likeness (QED) is 0.422. The van der Waals surface area contributed by atoms with Gasteiger partial charge in [0.05, 0.1) is 34.0 Å². The van der Waals surface area contributed by atoms with Crippen molar-refractivity contribution in [1.29, 1.82) is 5.26 Å². The number of fused-ring (bicyclic) bond motifs is 2. The van der Waals surface area contributed by atoms with E-state index in [0.29, 0.717) is 23.3 Å². The first kappa shape index (κ1) is 19.9. The zero-order chi connectivity index (χ0) is 20.3. The van der Waals surface area contributed by atoms with E-state index in [-0.39, 0.29) is 18.2 Å². The molecule has 2 aliphatic heterocycles. The summed E-state index contributed by atoms with van der Waals surface area (Å²) in [5.74, 6) is 1.17. The Kier molecular flexibility index (Phi) is 5.98. The van der Waals surface area contributed by atoms with E-state index in [0.717, 1.165) is 36.9 Å². The Morgan fingerprint density at radius 2 is 1.82 bits per heavy atom. The predicted molar refractivity (Wildman–Crippen MR) is 104 cm³/mol. The Balaban J connectivity index is 2.06. The van der Waals surface area contributed by atoms with Gasteiger partial charge in [-0.05, 0) is 38.2 Å². The summed E-state index contributed by atoms with van der Waals surface area (Å²) in [7, 11) is 4.75. The smallest absolute Gasteiger partial charge is 0.348 e. The summed E-state index contributed by atoms with van der Waals surface area (Å²) in [4.78, 5) is 14.6. The van der Waals surface area contributed by atoms with Crippen LogP contribution in [0, 0.1) is 11.3 Å². The van der Waals surface area contributed by atoms with Crippen LogP contribution in [0.4, 0.5) is 5.69 Å². The molecule has 3 rings (SSSR count). The zero-order valence-electron chi connectivity index (χ0n) is 16.8. The highest BCUT2D eigenvalue weighted by atomic mass is 16.5. The first-order valence-corrected chi connectivity index (χ1v) is 9.48. The Hall–Kier alpha value is -2.88. The maximum Gasteiger partial charge on any atom is 0.348 e. The van der Waals surface area contributed by atoms with Gasteiger partial charge in [-0.25, -0.2) is 4.79 Å². The topological polar surface area (TPSA) is 81.0 Å². The number of carbonyl (C=O) groups is 1. The minimum atomic E-state index is -0.532. The molecule has 0 aromatic heterocycles. The van der Waals surface area contributed by atoms with Crippen LogP contribution in [0.15, 0.2) is 23.3 Å². The third kappa shape index (κ3) is 3.35. The average Bonchev–Trinajstić information content (AvgIpc) is 3.02. The van der Waals surface area contributed by atoms with Gasteiger partial charge in [0.1, 0.15) is 11.6 Å². The molecule has 2 bridgehead atoms. The molecular formula is C21H26N2O5. The van der Waals surface area contributed by atoms with Gasteiger partial charge in [-0.2, -0.15) is 5.26 Å². The van der Waals surface area contributed by atoms with Gasteiger partial charge in [-0.1, -0.05) is 0 Å². The van der Waals surface area contributed by atoms with Crippen molar-refractivity contribution < 1.29 is 23.7 Å². The molecule has 2 saturated heterocycles. The lowest BCUT2D eigenvalue weighted by atomic mass is 9.91. The number of esters is 1. The summed E-state index contributed by atoms with van der Waals surface area (Å²) in [6.45, 7) is 1.99. The van der Waals surface area contributed by atoms with Crippen molar-refractivity contribution in [2.45, 2.75) is 44.7 Å². The molecule has 0 radical (unpaired) electrons. The summed E-state index contributed by atoms with van der Waals surface area (Å²) in [6.07, 6.45) is 3.51. The van der Waals surface area contributed by atoms with Crippen molar-refractivity contribution in [3.63, 3.8) is 0 Å². The number of benzene rings is 1. The fourth-order valence-electron chi connectivity index (χ4n) is 4.35. The molecule has 0 saturated carbocycles. The van der Waals surface area contributed by atoms with Gasteiger partial charge in [0, 0.05) is 23.9 Å². The third-order valence-corrected chi connectivity index (χ3v) is 5.51. The second-order valence-corrected chi connectivity index (χ2v) is 6.81. The van der Waals surface area contributed by atoms with E-state index in [2.05, 4.69) is 11.0 Å². The van der Waals surface area contributed by atoms with Crippen molar-refractivity contribution in [3.05, 3.63) is 23.3 Å². The van der Waals surface area contributed by atoms with Crippen LogP contribution < -0.4 is 19.1 Å². The van der Waals surface area contributed by atoms with Crippen molar-refractivity contribution in [3.8, 4) is 23.3 Å². The largest absolute Gasteiger partial charge is 0.493 e. The predicted octanol–water partition coefficient (Wildman–Crippen LogP) is 3.23. The molecule has 28 heavy (non-hydrogen) atoms. The van der Waals surface area contributed by atoms with Gasteiger partial charge < -0.3 is 23.8 Å². The number of nitriles is 1. The Morgan fingerprint density at radius 1 is 1.14 bits per heavy atom. The number of carbonyl (C=O) groups excluding carboxylic acids is 1. The van der Waals surface area contributed by atoms with Crippen LogP contribution in [0.25, 0.3) is 0 Å². The molecule has 7 heteroatoms. The van der Waals surface area contributed by atoms with Gasteiger partial charge in [-0.3, -0.25) is 0 Å². The summed E-state index contributed by atoms with van der Waals surface area (Å²) in [6, 6.07) is 6.26. The number of nitrogens with zero attached hydrogens (tertiary/aromatic N) is 2. The van der Waals surface area contributed by atoms with Crippen LogP contribution >= 0.6 is 0 Å². The lowest BCUT2D eigenvalue weighted by Crippen LogP contribution is -2.42. The number of ether oxygens (including phenoxy) is 4. The molecule has 2 fully saturated rings. The minimum absolute atomic E-state index is 0.0133. The second kappa shape index (κ2) is 8.42. The molecule has 1 aromatic carbocycles. The van der Waals surface area contributed by atoms with Crippen molar-refractivity contribution in [1.82, 2.24) is 0 Å². The first-order valence-electron chi connectivity index (χ1n) is 9.48. The van der Waals surface area contributed by atoms with E-state index >= 15 is 0 Å². The fraction of sp³-hybridized carbons (Fsp3) is 0.524. The van der Waals surface area contributed by atoms with Crippen LogP contribution in [0.2, 0.25) is 0 Å². The number of hydrogen-bond acceptors (Lipinski definition) is 7. The van der Waals surface area contributed by atoms with Crippen LogP contribution in [0.5, 0.6) is 17.2 Å². The molecule has 0 amide bonds. The van der Waals surface area contributed by atoms with E-state index in [1.165, 1.54) is 0 Å². The number of piperidine rings is 1. The highest BCUT2D eigenvalue weighted by Gasteiger charge is 2.42. The van der Waals surface area contributed by atoms with E-state index in [4.69, 9.17) is 18.9 Å². The molecule has 0 spiro atoms. The Bertz CT molecular complexity index is 802. The molecule has 7 nitrogen and oxygen atoms in total. The fourth-order valence-corrected chi connectivity index (χ4v) is 4.35. The number of hydrogen-bond donors (Lipinski definition) is 0. The lowest BCUT2D eigenvalue weighted by molar-refractivity contribution is -0.138. The molecule has 150 valence electrons. The molecule has 2 aliphatic rings. The number of anilines is 1. The molecule has 2 unspecified atom stereocenters. The van der Waals surface area contributed by atoms with Gasteiger partial charge in [0.25, 0.3) is 0 Å². The summed E-state index contributed by atoms with van der Waals surface area (Å²) in [5.41, 5.74) is 1.94. The molecular weight excluding hydrogens is 360 g/mol. The minimum Gasteiger partial charge on any atom is -0.493 e. The Morgan fingerprint density at radius 3 is 2.36 bits per heavy atom. The van der Waals surface area contributed by atoms with Gasteiger partial charge in [0.15, 0.2) is 11.5 Å². The molecule has 0 aliphatic carbocycles. The highest BCUT2D eigenvalue weighted by Crippen LogP contribution is 2.47. The van der Waals surface area contributed by atoms with Crippen LogP contribution in [-0.4, -0.2) is 46.0 Å². The SMILES string of the molecule is CCOC(=O)/C(C#N)=C1\CCC2CCC1N2c1cc(OC)c(OC)c(OC)c1. The average molecular weight is 386 g/mol. The van der Waals surface area contributed by atoms with E-state index < -0.39 is 5.97 Å². The van der Waals surface area contributed by atoms with Crippen molar-refractivity contribution >= 4 is 11.7 Å². The summed E-state index contributed by atoms with van der Waals surface area (Å²) < 4.78 is 21.5. The lowest BCUT2D eigenvalue weighted by Gasteiger charge is -2.39. The van der Waals surface area contributed by atoms with Gasteiger partial charge in [-0.15, -0.1) is 0 Å². The van der Waals surface area contributed by atoms with E-state index in [1.54, 1.807) is 28.3 Å². The highest BCUT2D eigenvalue weighted by molar-refractivity contribution is 5.94. The van der Waals surface area contributed by atoms with Crippen LogP contribution in [-0.2, 0) is 9.53 Å². The number of rotatable bonds is 6. The summed E-state index contributed by atoms with van der Waals surface area (Å²) >= 11 is 0. The van der Waals surface area contributed by atoms with Crippen molar-refractivity contribution in [2.24, 2.45) is 0 Å². The third-order valence-electron chi connectivity index (χ3n) is 5.51.